The molecule has 1 rings (SSSR count). The molecular formula is C12H16Cl2N2O. The Labute approximate surface area is 112 Å². The number of carbonyl (C=O) groups excluding carboxylic acids is 1. The van der Waals surface area contributed by atoms with E-state index < -0.39 is 5.54 Å². The lowest BCUT2D eigenvalue weighted by Crippen LogP contribution is -2.45. The summed E-state index contributed by atoms with van der Waals surface area (Å²) in [6.07, 6.45) is 0. The van der Waals surface area contributed by atoms with Crippen LogP contribution in [0.5, 0.6) is 0 Å². The molecule has 0 fully saturated rings. The van der Waals surface area contributed by atoms with Crippen LogP contribution in [0, 0.1) is 0 Å². The fourth-order valence-corrected chi connectivity index (χ4v) is 1.89. The molecule has 94 valence electrons. The predicted octanol–water partition coefficient (Wildman–Crippen LogP) is 3.50. The normalized spacial score (nSPS) is 11.2. The van der Waals surface area contributed by atoms with Crippen molar-refractivity contribution in [1.29, 1.82) is 0 Å². The van der Waals surface area contributed by atoms with Gasteiger partial charge in [0.15, 0.2) is 0 Å². The molecular weight excluding hydrogens is 259 g/mol. The van der Waals surface area contributed by atoms with Crippen LogP contribution in [0.1, 0.15) is 19.4 Å². The minimum atomic E-state index is -0.532. The number of nitrogens with zero attached hydrogens (tertiary/aromatic N) is 1. The van der Waals surface area contributed by atoms with Gasteiger partial charge in [0.25, 0.3) is 0 Å². The Morgan fingerprint density at radius 3 is 2.06 bits per heavy atom. The Balaban J connectivity index is 3.00. The maximum Gasteiger partial charge on any atom is 0.317 e. The van der Waals surface area contributed by atoms with E-state index in [9.17, 15) is 4.79 Å². The van der Waals surface area contributed by atoms with E-state index in [4.69, 9.17) is 23.2 Å². The summed E-state index contributed by atoms with van der Waals surface area (Å²) >= 11 is 11.9. The molecule has 0 spiro atoms. The lowest BCUT2D eigenvalue weighted by molar-refractivity contribution is 0.206. The molecule has 3 nitrogen and oxygen atoms in total. The smallest absolute Gasteiger partial charge is 0.317 e. The SMILES string of the molecule is CN(C)C(=O)NC(C)(C)c1cc(Cl)cc(Cl)c1. The summed E-state index contributed by atoms with van der Waals surface area (Å²) in [5.74, 6) is 0. The van der Waals surface area contributed by atoms with E-state index in [1.54, 1.807) is 32.3 Å². The van der Waals surface area contributed by atoms with Gasteiger partial charge in [0.1, 0.15) is 0 Å². The zero-order chi connectivity index (χ0) is 13.2. The predicted molar refractivity (Wildman–Crippen MR) is 71.7 cm³/mol. The van der Waals surface area contributed by atoms with Crippen LogP contribution in [0.15, 0.2) is 18.2 Å². The number of halogens is 2. The molecule has 0 heterocycles. The van der Waals surface area contributed by atoms with Crippen LogP contribution in [0.4, 0.5) is 4.79 Å². The molecule has 0 bridgehead atoms. The first-order chi connectivity index (χ1) is 7.72. The highest BCUT2D eigenvalue weighted by Crippen LogP contribution is 2.27. The molecule has 0 aromatic heterocycles. The molecule has 1 N–H and O–H groups in total. The fraction of sp³-hybridized carbons (Fsp3) is 0.417. The first-order valence-electron chi connectivity index (χ1n) is 5.18. The Kier molecular flexibility index (Phi) is 4.28. The third kappa shape index (κ3) is 3.79. The van der Waals surface area contributed by atoms with Gasteiger partial charge in [0, 0.05) is 24.1 Å². The zero-order valence-electron chi connectivity index (χ0n) is 10.3. The van der Waals surface area contributed by atoms with Gasteiger partial charge >= 0.3 is 6.03 Å². The summed E-state index contributed by atoms with van der Waals surface area (Å²) in [7, 11) is 3.38. The highest BCUT2D eigenvalue weighted by atomic mass is 35.5. The Morgan fingerprint density at radius 1 is 1.18 bits per heavy atom. The first kappa shape index (κ1) is 14.1. The molecule has 0 saturated carbocycles. The summed E-state index contributed by atoms with van der Waals surface area (Å²) in [5, 5.41) is 4.01. The minimum Gasteiger partial charge on any atom is -0.331 e. The van der Waals surface area contributed by atoms with Crippen LogP contribution < -0.4 is 5.32 Å². The number of urea groups is 1. The fourth-order valence-electron chi connectivity index (χ4n) is 1.37. The molecule has 0 aliphatic heterocycles. The number of hydrogen-bond donors (Lipinski definition) is 1. The summed E-state index contributed by atoms with van der Waals surface area (Å²) < 4.78 is 0. The number of benzene rings is 1. The molecule has 0 aliphatic carbocycles. The van der Waals surface area contributed by atoms with Crippen LogP contribution in [0.25, 0.3) is 0 Å². The van der Waals surface area contributed by atoms with E-state index in [0.29, 0.717) is 10.0 Å². The Hall–Kier alpha value is -0.930. The number of amides is 2. The molecule has 1 aromatic rings. The van der Waals surface area contributed by atoms with Crippen molar-refractivity contribution in [2.45, 2.75) is 19.4 Å². The van der Waals surface area contributed by atoms with Gasteiger partial charge in [-0.1, -0.05) is 23.2 Å². The summed E-state index contributed by atoms with van der Waals surface area (Å²) in [4.78, 5) is 13.1. The molecule has 1 aromatic carbocycles. The van der Waals surface area contributed by atoms with Crippen molar-refractivity contribution < 1.29 is 4.79 Å². The average molecular weight is 275 g/mol. The summed E-state index contributed by atoms with van der Waals surface area (Å²) in [6, 6.07) is 5.09. The highest BCUT2D eigenvalue weighted by molar-refractivity contribution is 6.34. The Morgan fingerprint density at radius 2 is 1.65 bits per heavy atom. The average Bonchev–Trinajstić information content (AvgIpc) is 2.15. The molecule has 2 amide bonds. The second-order valence-electron chi connectivity index (χ2n) is 4.61. The van der Waals surface area contributed by atoms with Crippen molar-refractivity contribution >= 4 is 29.2 Å². The van der Waals surface area contributed by atoms with E-state index in [1.165, 1.54) is 4.90 Å². The van der Waals surface area contributed by atoms with Crippen molar-refractivity contribution in [1.82, 2.24) is 10.2 Å². The Bertz CT molecular complexity index is 410. The van der Waals surface area contributed by atoms with Gasteiger partial charge in [-0.05, 0) is 37.6 Å². The van der Waals surface area contributed by atoms with Crippen molar-refractivity contribution in [2.75, 3.05) is 14.1 Å². The largest absolute Gasteiger partial charge is 0.331 e. The number of rotatable bonds is 2. The maximum absolute atomic E-state index is 11.7. The van der Waals surface area contributed by atoms with E-state index in [2.05, 4.69) is 5.32 Å². The van der Waals surface area contributed by atoms with Crippen LogP contribution in [0.3, 0.4) is 0 Å². The van der Waals surface area contributed by atoms with Gasteiger partial charge < -0.3 is 10.2 Å². The summed E-state index contributed by atoms with van der Waals surface area (Å²) in [5.41, 5.74) is 0.334. The first-order valence-corrected chi connectivity index (χ1v) is 5.94. The van der Waals surface area contributed by atoms with Crippen molar-refractivity contribution in [3.8, 4) is 0 Å². The third-order valence-corrected chi connectivity index (χ3v) is 2.85. The van der Waals surface area contributed by atoms with Gasteiger partial charge in [-0.3, -0.25) is 0 Å². The van der Waals surface area contributed by atoms with Gasteiger partial charge in [0.05, 0.1) is 5.54 Å². The number of carbonyl (C=O) groups is 1. The lowest BCUT2D eigenvalue weighted by atomic mass is 9.94. The van der Waals surface area contributed by atoms with Crippen LogP contribution >= 0.6 is 23.2 Å². The maximum atomic E-state index is 11.7. The van der Waals surface area contributed by atoms with Crippen molar-refractivity contribution in [3.63, 3.8) is 0 Å². The van der Waals surface area contributed by atoms with Crippen molar-refractivity contribution in [2.24, 2.45) is 0 Å². The van der Waals surface area contributed by atoms with E-state index in [0.717, 1.165) is 5.56 Å². The molecule has 0 unspecified atom stereocenters. The third-order valence-electron chi connectivity index (χ3n) is 2.41. The van der Waals surface area contributed by atoms with E-state index in [1.807, 2.05) is 13.8 Å². The molecule has 0 radical (unpaired) electrons. The molecule has 0 saturated heterocycles. The second kappa shape index (κ2) is 5.15. The molecule has 5 heteroatoms. The monoisotopic (exact) mass is 274 g/mol. The molecule has 17 heavy (non-hydrogen) atoms. The zero-order valence-corrected chi connectivity index (χ0v) is 11.9. The second-order valence-corrected chi connectivity index (χ2v) is 5.48. The van der Waals surface area contributed by atoms with Crippen LogP contribution in [0.2, 0.25) is 10.0 Å². The van der Waals surface area contributed by atoms with Gasteiger partial charge in [-0.15, -0.1) is 0 Å². The van der Waals surface area contributed by atoms with Crippen LogP contribution in [-0.2, 0) is 5.54 Å². The van der Waals surface area contributed by atoms with E-state index >= 15 is 0 Å². The van der Waals surface area contributed by atoms with Crippen LogP contribution in [-0.4, -0.2) is 25.0 Å². The topological polar surface area (TPSA) is 32.3 Å². The van der Waals surface area contributed by atoms with Crippen molar-refractivity contribution in [3.05, 3.63) is 33.8 Å². The molecule has 0 atom stereocenters. The van der Waals surface area contributed by atoms with Gasteiger partial charge in [-0.25, -0.2) is 4.79 Å². The van der Waals surface area contributed by atoms with E-state index in [-0.39, 0.29) is 6.03 Å². The molecule has 0 aliphatic rings. The summed E-state index contributed by atoms with van der Waals surface area (Å²) in [6.45, 7) is 3.80. The lowest BCUT2D eigenvalue weighted by Gasteiger charge is -2.29. The van der Waals surface area contributed by atoms with Gasteiger partial charge in [-0.2, -0.15) is 0 Å². The number of nitrogens with one attached hydrogen (secondary N) is 1. The highest BCUT2D eigenvalue weighted by Gasteiger charge is 2.24. The minimum absolute atomic E-state index is 0.161. The standard InChI is InChI=1S/C12H16Cl2N2O/c1-12(2,15-11(17)16(3)4)8-5-9(13)7-10(14)6-8/h5-7H,1-4H3,(H,15,17). The number of hydrogen-bond acceptors (Lipinski definition) is 1. The van der Waals surface area contributed by atoms with Gasteiger partial charge in [0.2, 0.25) is 0 Å². The quantitative estimate of drug-likeness (QED) is 0.880.